The first-order valence-electron chi connectivity index (χ1n) is 8.00. The number of fused-ring (bicyclic) bond motifs is 1. The van der Waals surface area contributed by atoms with Crippen LogP contribution in [0.4, 0.5) is 11.8 Å². The van der Waals surface area contributed by atoms with Crippen LogP contribution in [0.3, 0.4) is 0 Å². The predicted octanol–water partition coefficient (Wildman–Crippen LogP) is 2.47. The summed E-state index contributed by atoms with van der Waals surface area (Å²) in [5, 5.41) is 4.23. The summed E-state index contributed by atoms with van der Waals surface area (Å²) in [5.74, 6) is 1.95. The maximum Gasteiger partial charge on any atom is 0.268 e. The maximum absolute atomic E-state index is 12.6. The van der Waals surface area contributed by atoms with Crippen molar-refractivity contribution in [3.8, 4) is 0 Å². The molecular weight excluding hydrogens is 381 g/mol. The number of H-pyrrole nitrogens is 1. The number of hydrogen-bond acceptors (Lipinski definition) is 6. The number of aromatic nitrogens is 2. The van der Waals surface area contributed by atoms with E-state index >= 15 is 0 Å². The van der Waals surface area contributed by atoms with Crippen molar-refractivity contribution in [2.24, 2.45) is 11.8 Å². The van der Waals surface area contributed by atoms with Crippen molar-refractivity contribution in [2.45, 2.75) is 9.79 Å². The van der Waals surface area contributed by atoms with Gasteiger partial charge >= 0.3 is 0 Å². The minimum absolute atomic E-state index is 0.204. The number of aromatic amines is 1. The molecule has 2 aliphatic heterocycles. The van der Waals surface area contributed by atoms with Crippen molar-refractivity contribution in [2.75, 3.05) is 36.8 Å². The molecule has 0 bridgehead atoms. The number of benzene rings is 1. The molecule has 0 radical (unpaired) electrons. The summed E-state index contributed by atoms with van der Waals surface area (Å²) < 4.78 is 0. The first-order chi connectivity index (χ1) is 12.0. The second-order valence-electron chi connectivity index (χ2n) is 6.34. The molecule has 3 heterocycles. The van der Waals surface area contributed by atoms with Crippen molar-refractivity contribution >= 4 is 46.7 Å². The van der Waals surface area contributed by atoms with Gasteiger partial charge in [-0.3, -0.25) is 9.78 Å². The Bertz CT molecular complexity index is 862. The Labute approximate surface area is 159 Å². The molecule has 1 aromatic carbocycles. The summed E-state index contributed by atoms with van der Waals surface area (Å²) in [7, 11) is 0. The van der Waals surface area contributed by atoms with Gasteiger partial charge in [-0.2, -0.15) is 4.98 Å². The lowest BCUT2D eigenvalue weighted by atomic mass is 10.0. The number of nitrogens with zero attached hydrogens (tertiary/aromatic N) is 2. The minimum atomic E-state index is -0.265. The second-order valence-corrected chi connectivity index (χ2v) is 8.18. The zero-order chi connectivity index (χ0) is 17.6. The van der Waals surface area contributed by atoms with Crippen LogP contribution in [0.15, 0.2) is 32.8 Å². The van der Waals surface area contributed by atoms with E-state index in [4.69, 9.17) is 28.9 Å². The normalized spacial score (nSPS) is 22.4. The lowest BCUT2D eigenvalue weighted by molar-refractivity contribution is 0.533. The Morgan fingerprint density at radius 3 is 2.64 bits per heavy atom. The van der Waals surface area contributed by atoms with Crippen LogP contribution in [0.5, 0.6) is 0 Å². The van der Waals surface area contributed by atoms with E-state index in [1.807, 2.05) is 0 Å². The highest BCUT2D eigenvalue weighted by atomic mass is 35.5. The summed E-state index contributed by atoms with van der Waals surface area (Å²) in [5.41, 5.74) is 5.81. The van der Waals surface area contributed by atoms with Crippen molar-refractivity contribution < 1.29 is 0 Å². The highest BCUT2D eigenvalue weighted by Gasteiger charge is 2.37. The van der Waals surface area contributed by atoms with E-state index in [2.05, 4.69) is 20.2 Å². The summed E-state index contributed by atoms with van der Waals surface area (Å²) >= 11 is 13.4. The van der Waals surface area contributed by atoms with Crippen molar-refractivity contribution in [3.63, 3.8) is 0 Å². The zero-order valence-electron chi connectivity index (χ0n) is 13.3. The number of halogens is 2. The third-order valence-electron chi connectivity index (χ3n) is 4.71. The van der Waals surface area contributed by atoms with E-state index < -0.39 is 0 Å². The van der Waals surface area contributed by atoms with Gasteiger partial charge in [0.15, 0.2) is 0 Å². The van der Waals surface area contributed by atoms with Gasteiger partial charge in [0.2, 0.25) is 5.95 Å². The molecule has 0 spiro atoms. The van der Waals surface area contributed by atoms with Crippen LogP contribution in [0, 0.1) is 11.8 Å². The quantitative estimate of drug-likeness (QED) is 0.737. The fraction of sp³-hybridized carbons (Fsp3) is 0.375. The second kappa shape index (κ2) is 6.72. The van der Waals surface area contributed by atoms with Gasteiger partial charge in [-0.15, -0.1) is 0 Å². The molecule has 4 rings (SSSR count). The van der Waals surface area contributed by atoms with Crippen molar-refractivity contribution in [1.82, 2.24) is 15.3 Å². The lowest BCUT2D eigenvalue weighted by Gasteiger charge is -2.18. The third kappa shape index (κ3) is 3.21. The van der Waals surface area contributed by atoms with Gasteiger partial charge in [0, 0.05) is 31.1 Å². The van der Waals surface area contributed by atoms with Crippen LogP contribution < -0.4 is 21.5 Å². The largest absolute Gasteiger partial charge is 0.382 e. The highest BCUT2D eigenvalue weighted by molar-refractivity contribution is 7.99. The van der Waals surface area contributed by atoms with E-state index in [0.29, 0.717) is 37.6 Å². The van der Waals surface area contributed by atoms with Gasteiger partial charge in [0.25, 0.3) is 5.56 Å². The molecule has 2 aliphatic rings. The molecule has 25 heavy (non-hydrogen) atoms. The number of anilines is 2. The predicted molar refractivity (Wildman–Crippen MR) is 102 cm³/mol. The summed E-state index contributed by atoms with van der Waals surface area (Å²) in [4.78, 5) is 22.9. The molecule has 2 unspecified atom stereocenters. The molecular formula is C16H17Cl2N5OS. The Morgan fingerprint density at radius 1 is 1.24 bits per heavy atom. The fourth-order valence-electron chi connectivity index (χ4n) is 3.42. The van der Waals surface area contributed by atoms with Crippen molar-refractivity contribution in [1.29, 1.82) is 0 Å². The molecule has 6 nitrogen and oxygen atoms in total. The summed E-state index contributed by atoms with van der Waals surface area (Å²) in [6, 6.07) is 5.27. The Hall–Kier alpha value is -1.41. The average molecular weight is 398 g/mol. The molecule has 132 valence electrons. The van der Waals surface area contributed by atoms with Crippen LogP contribution in [-0.4, -0.2) is 36.1 Å². The van der Waals surface area contributed by atoms with Gasteiger partial charge in [0.05, 0.1) is 10.0 Å². The van der Waals surface area contributed by atoms with E-state index in [-0.39, 0.29) is 11.4 Å². The number of nitrogens with two attached hydrogens (primary N) is 1. The van der Waals surface area contributed by atoms with Crippen LogP contribution in [0.2, 0.25) is 10.0 Å². The van der Waals surface area contributed by atoms with Gasteiger partial charge in [-0.1, -0.05) is 41.0 Å². The van der Waals surface area contributed by atoms with Gasteiger partial charge in [0.1, 0.15) is 10.7 Å². The monoisotopic (exact) mass is 397 g/mol. The van der Waals surface area contributed by atoms with Gasteiger partial charge in [-0.25, -0.2) is 0 Å². The molecule has 9 heteroatoms. The molecule has 2 atom stereocenters. The van der Waals surface area contributed by atoms with Gasteiger partial charge < -0.3 is 16.0 Å². The third-order valence-corrected chi connectivity index (χ3v) is 6.80. The average Bonchev–Trinajstić information content (AvgIpc) is 3.16. The number of nitrogens with one attached hydrogen (secondary N) is 2. The van der Waals surface area contributed by atoms with Crippen molar-refractivity contribution in [3.05, 3.63) is 38.6 Å². The molecule has 0 saturated carbocycles. The van der Waals surface area contributed by atoms with Gasteiger partial charge in [-0.05, 0) is 24.0 Å². The standard InChI is InChI=1S/C16H17Cl2N5OS/c17-10-2-1-3-11(12(10)18)25-13-14(19)21-16(22-15(13)24)23-6-8-4-20-5-9(8)7-23/h1-3,8-9,20H,4-7H2,(H3,19,21,22,24). The SMILES string of the molecule is Nc1nc(N2CC3CNCC3C2)[nH]c(=O)c1Sc1cccc(Cl)c1Cl. The molecule has 2 saturated heterocycles. The van der Waals surface area contributed by atoms with E-state index in [1.165, 1.54) is 11.8 Å². The molecule has 0 aliphatic carbocycles. The summed E-state index contributed by atoms with van der Waals surface area (Å²) in [6.07, 6.45) is 0. The van der Waals surface area contributed by atoms with E-state index in [9.17, 15) is 4.79 Å². The molecule has 4 N–H and O–H groups in total. The number of hydrogen-bond donors (Lipinski definition) is 3. The summed E-state index contributed by atoms with van der Waals surface area (Å²) in [6.45, 7) is 3.80. The van der Waals surface area contributed by atoms with Crippen LogP contribution in [0.25, 0.3) is 0 Å². The first kappa shape index (κ1) is 17.0. The minimum Gasteiger partial charge on any atom is -0.382 e. The topological polar surface area (TPSA) is 87.0 Å². The number of rotatable bonds is 3. The first-order valence-corrected chi connectivity index (χ1v) is 9.57. The molecule has 0 amide bonds. The Morgan fingerprint density at radius 2 is 1.96 bits per heavy atom. The van der Waals surface area contributed by atoms with Crippen LogP contribution >= 0.6 is 35.0 Å². The number of nitrogen functional groups attached to an aromatic ring is 1. The van der Waals surface area contributed by atoms with Crippen LogP contribution in [0.1, 0.15) is 0 Å². The zero-order valence-corrected chi connectivity index (χ0v) is 15.6. The molecule has 2 aromatic rings. The highest BCUT2D eigenvalue weighted by Crippen LogP contribution is 2.37. The molecule has 1 aromatic heterocycles. The molecule has 2 fully saturated rings. The Kier molecular flexibility index (Phi) is 4.58. The Balaban J connectivity index is 1.61. The van der Waals surface area contributed by atoms with Crippen LogP contribution in [-0.2, 0) is 0 Å². The smallest absolute Gasteiger partial charge is 0.268 e. The lowest BCUT2D eigenvalue weighted by Crippen LogP contribution is -2.29. The fourth-order valence-corrected chi connectivity index (χ4v) is 4.75. The van der Waals surface area contributed by atoms with E-state index in [0.717, 1.165) is 26.2 Å². The van der Waals surface area contributed by atoms with E-state index in [1.54, 1.807) is 18.2 Å². The maximum atomic E-state index is 12.6.